The molecule has 2 heterocycles. The van der Waals surface area contributed by atoms with Crippen molar-refractivity contribution in [2.45, 2.75) is 20.0 Å². The second-order valence-electron chi connectivity index (χ2n) is 3.41. The fraction of sp³-hybridized carbons (Fsp3) is 0.273. The van der Waals surface area contributed by atoms with Crippen molar-refractivity contribution in [1.29, 1.82) is 0 Å². The molecular weight excluding hydrogens is 268 g/mol. The molecule has 2 aromatic rings. The summed E-state index contributed by atoms with van der Waals surface area (Å²) in [7, 11) is 0. The molecule has 0 spiro atoms. The zero-order valence-corrected chi connectivity index (χ0v) is 10.6. The molecule has 2 rings (SSSR count). The number of nitrogens with zero attached hydrogens (tertiary/aromatic N) is 3. The van der Waals surface area contributed by atoms with Crippen LogP contribution in [-0.4, -0.2) is 14.8 Å². The van der Waals surface area contributed by atoms with Crippen molar-refractivity contribution in [2.75, 3.05) is 5.32 Å². The number of nitrogens with one attached hydrogen (secondary N) is 1. The molecule has 5 heteroatoms. The first-order valence-corrected chi connectivity index (χ1v) is 5.94. The normalized spacial score (nSPS) is 10.4. The van der Waals surface area contributed by atoms with E-state index >= 15 is 0 Å². The topological polar surface area (TPSA) is 42.7 Å². The number of hydrogen-bond acceptors (Lipinski definition) is 3. The second-order valence-corrected chi connectivity index (χ2v) is 4.32. The van der Waals surface area contributed by atoms with Gasteiger partial charge in [-0.25, -0.2) is 0 Å². The maximum Gasteiger partial charge on any atom is 0.0729 e. The largest absolute Gasteiger partial charge is 0.377 e. The lowest BCUT2D eigenvalue weighted by Gasteiger charge is -2.02. The van der Waals surface area contributed by atoms with E-state index in [-0.39, 0.29) is 0 Å². The van der Waals surface area contributed by atoms with Crippen molar-refractivity contribution in [2.24, 2.45) is 0 Å². The fourth-order valence-electron chi connectivity index (χ4n) is 1.33. The van der Waals surface area contributed by atoms with E-state index in [1.807, 2.05) is 29.2 Å². The van der Waals surface area contributed by atoms with Gasteiger partial charge in [0.05, 0.1) is 24.1 Å². The van der Waals surface area contributed by atoms with Crippen LogP contribution in [0.25, 0.3) is 0 Å². The van der Waals surface area contributed by atoms with Crippen molar-refractivity contribution < 1.29 is 0 Å². The van der Waals surface area contributed by atoms with Crippen molar-refractivity contribution >= 4 is 21.6 Å². The molecule has 0 aliphatic heterocycles. The number of pyridine rings is 1. The summed E-state index contributed by atoms with van der Waals surface area (Å²) in [5.41, 5.74) is 2.03. The lowest BCUT2D eigenvalue weighted by molar-refractivity contribution is 0.660. The predicted octanol–water partition coefficient (Wildman–Crippen LogP) is 2.67. The van der Waals surface area contributed by atoms with Crippen molar-refractivity contribution in [3.05, 3.63) is 40.9 Å². The minimum absolute atomic E-state index is 0.711. The van der Waals surface area contributed by atoms with Gasteiger partial charge in [-0.05, 0) is 35.0 Å². The summed E-state index contributed by atoms with van der Waals surface area (Å²) in [6.45, 7) is 3.66. The monoisotopic (exact) mass is 280 g/mol. The van der Waals surface area contributed by atoms with Crippen LogP contribution in [0.3, 0.4) is 0 Å². The van der Waals surface area contributed by atoms with Gasteiger partial charge >= 0.3 is 0 Å². The maximum atomic E-state index is 4.28. The van der Waals surface area contributed by atoms with Gasteiger partial charge in [0, 0.05) is 23.4 Å². The highest BCUT2D eigenvalue weighted by molar-refractivity contribution is 9.10. The quantitative estimate of drug-likeness (QED) is 0.937. The molecule has 0 aromatic carbocycles. The molecule has 1 N–H and O–H groups in total. The van der Waals surface area contributed by atoms with E-state index in [1.165, 1.54) is 0 Å². The Bertz CT molecular complexity index is 449. The highest BCUT2D eigenvalue weighted by atomic mass is 79.9. The number of hydrogen-bond donors (Lipinski definition) is 1. The number of rotatable bonds is 4. The minimum Gasteiger partial charge on any atom is -0.377 e. The highest BCUT2D eigenvalue weighted by Crippen LogP contribution is 2.10. The molecule has 0 saturated carbocycles. The van der Waals surface area contributed by atoms with Crippen LogP contribution in [0.4, 0.5) is 5.69 Å². The molecule has 2 aromatic heterocycles. The summed E-state index contributed by atoms with van der Waals surface area (Å²) < 4.78 is 2.88. The average molecular weight is 281 g/mol. The van der Waals surface area contributed by atoms with E-state index in [4.69, 9.17) is 0 Å². The molecule has 0 fully saturated rings. The first-order chi connectivity index (χ1) is 7.78. The molecule has 0 saturated heterocycles. The van der Waals surface area contributed by atoms with Crippen molar-refractivity contribution in [3.8, 4) is 0 Å². The molecule has 0 unspecified atom stereocenters. The third-order valence-corrected chi connectivity index (χ3v) is 2.69. The number of anilines is 1. The van der Waals surface area contributed by atoms with Gasteiger partial charge in [-0.1, -0.05) is 0 Å². The third-order valence-electron chi connectivity index (χ3n) is 2.22. The van der Waals surface area contributed by atoms with Crippen LogP contribution in [0.15, 0.2) is 35.2 Å². The van der Waals surface area contributed by atoms with Gasteiger partial charge in [0.2, 0.25) is 0 Å². The highest BCUT2D eigenvalue weighted by Gasteiger charge is 1.98. The van der Waals surface area contributed by atoms with Crippen LogP contribution >= 0.6 is 15.9 Å². The fourth-order valence-corrected chi connectivity index (χ4v) is 1.57. The van der Waals surface area contributed by atoms with Crippen LogP contribution in [0.2, 0.25) is 0 Å². The summed E-state index contributed by atoms with van der Waals surface area (Å²) in [4.78, 5) is 4.28. The van der Waals surface area contributed by atoms with Gasteiger partial charge in [0.1, 0.15) is 0 Å². The number of aryl methyl sites for hydroxylation is 1. The molecular formula is C11H13BrN4. The van der Waals surface area contributed by atoms with E-state index in [1.54, 1.807) is 6.20 Å². The average Bonchev–Trinajstić information content (AvgIpc) is 2.76. The first kappa shape index (κ1) is 11.1. The van der Waals surface area contributed by atoms with E-state index in [9.17, 15) is 0 Å². The van der Waals surface area contributed by atoms with Crippen LogP contribution < -0.4 is 5.32 Å². The SMILES string of the molecule is CCn1cc(NCc2ccc(Br)cn2)cn1. The minimum atomic E-state index is 0.711. The van der Waals surface area contributed by atoms with Crippen molar-refractivity contribution in [1.82, 2.24) is 14.8 Å². The van der Waals surface area contributed by atoms with Crippen LogP contribution in [0.5, 0.6) is 0 Å². The number of halogens is 1. The maximum absolute atomic E-state index is 4.28. The summed E-state index contributed by atoms with van der Waals surface area (Å²) in [6, 6.07) is 3.97. The molecule has 84 valence electrons. The Hall–Kier alpha value is -1.36. The summed E-state index contributed by atoms with van der Waals surface area (Å²) in [5, 5.41) is 7.46. The van der Waals surface area contributed by atoms with E-state index in [0.29, 0.717) is 6.54 Å². The molecule has 0 aliphatic carbocycles. The molecule has 16 heavy (non-hydrogen) atoms. The van der Waals surface area contributed by atoms with E-state index in [2.05, 4.69) is 38.3 Å². The van der Waals surface area contributed by atoms with E-state index in [0.717, 1.165) is 22.4 Å². The van der Waals surface area contributed by atoms with Gasteiger partial charge in [-0.3, -0.25) is 9.67 Å². The van der Waals surface area contributed by atoms with Gasteiger partial charge in [0.15, 0.2) is 0 Å². The Kier molecular flexibility index (Phi) is 3.56. The first-order valence-electron chi connectivity index (χ1n) is 5.14. The lowest BCUT2D eigenvalue weighted by Crippen LogP contribution is -2.00. The Labute approximate surface area is 103 Å². The third kappa shape index (κ3) is 2.82. The van der Waals surface area contributed by atoms with Crippen LogP contribution in [0, 0.1) is 0 Å². The van der Waals surface area contributed by atoms with Crippen molar-refractivity contribution in [3.63, 3.8) is 0 Å². The molecule has 0 bridgehead atoms. The molecule has 0 amide bonds. The predicted molar refractivity (Wildman–Crippen MR) is 67.2 cm³/mol. The Morgan fingerprint density at radius 3 is 2.88 bits per heavy atom. The molecule has 0 atom stereocenters. The molecule has 4 nitrogen and oxygen atoms in total. The summed E-state index contributed by atoms with van der Waals surface area (Å²) in [6.07, 6.45) is 5.60. The zero-order chi connectivity index (χ0) is 11.4. The Morgan fingerprint density at radius 1 is 1.38 bits per heavy atom. The lowest BCUT2D eigenvalue weighted by atomic mass is 10.3. The van der Waals surface area contributed by atoms with Gasteiger partial charge < -0.3 is 5.32 Å². The number of aromatic nitrogens is 3. The van der Waals surface area contributed by atoms with Gasteiger partial charge in [0.25, 0.3) is 0 Å². The Morgan fingerprint density at radius 2 is 2.25 bits per heavy atom. The van der Waals surface area contributed by atoms with Gasteiger partial charge in [-0.2, -0.15) is 5.10 Å². The summed E-state index contributed by atoms with van der Waals surface area (Å²) >= 11 is 3.36. The standard InChI is InChI=1S/C11H13BrN4/c1-2-16-8-11(7-15-16)14-6-10-4-3-9(12)5-13-10/h3-5,7-8,14H,2,6H2,1H3. The second kappa shape index (κ2) is 5.12. The zero-order valence-electron chi connectivity index (χ0n) is 9.02. The smallest absolute Gasteiger partial charge is 0.0729 e. The Balaban J connectivity index is 1.94. The molecule has 0 aliphatic rings. The van der Waals surface area contributed by atoms with Crippen LogP contribution in [-0.2, 0) is 13.1 Å². The summed E-state index contributed by atoms with van der Waals surface area (Å²) in [5.74, 6) is 0. The van der Waals surface area contributed by atoms with Crippen LogP contribution in [0.1, 0.15) is 12.6 Å². The van der Waals surface area contributed by atoms with Gasteiger partial charge in [-0.15, -0.1) is 0 Å². The molecule has 0 radical (unpaired) electrons. The van der Waals surface area contributed by atoms with E-state index < -0.39 is 0 Å².